The Hall–Kier alpha value is -1.06. The van der Waals surface area contributed by atoms with Crippen molar-refractivity contribution in [1.29, 1.82) is 0 Å². The van der Waals surface area contributed by atoms with Crippen LogP contribution in [0.15, 0.2) is 4.99 Å². The lowest BCUT2D eigenvalue weighted by Gasteiger charge is -2.12. The Kier molecular flexibility index (Phi) is 12.6. The molecule has 134 valence electrons. The number of hydrogen-bond donors (Lipinski definition) is 0. The van der Waals surface area contributed by atoms with Crippen molar-refractivity contribution in [2.75, 3.05) is 13.1 Å². The van der Waals surface area contributed by atoms with Crippen molar-refractivity contribution in [2.24, 2.45) is 4.99 Å². The van der Waals surface area contributed by atoms with E-state index in [-0.39, 0.29) is 5.97 Å². The molecule has 1 rings (SSSR count). The molecule has 23 heavy (non-hydrogen) atoms. The molecule has 0 aromatic rings. The van der Waals surface area contributed by atoms with Crippen LogP contribution in [0.1, 0.15) is 96.8 Å². The summed E-state index contributed by atoms with van der Waals surface area (Å²) in [4.78, 5) is 20.7. The maximum absolute atomic E-state index is 11.6. The molecular formula is C19H36N2O2. The number of unbranched alkanes of at least 4 members (excludes halogenated alkanes) is 12. The summed E-state index contributed by atoms with van der Waals surface area (Å²) < 4.78 is 0. The summed E-state index contributed by atoms with van der Waals surface area (Å²) in [7, 11) is 0. The summed E-state index contributed by atoms with van der Waals surface area (Å²) in [6.45, 7) is 3.70. The molecule has 0 saturated heterocycles. The molecule has 0 atom stereocenters. The minimum atomic E-state index is -0.124. The SMILES string of the molecule is CCCCCCCCCCCCCCCC(=O)ON1C=NCC1. The van der Waals surface area contributed by atoms with Crippen LogP contribution in [-0.4, -0.2) is 30.5 Å². The van der Waals surface area contributed by atoms with Gasteiger partial charge in [0.15, 0.2) is 0 Å². The third-order valence-electron chi connectivity index (χ3n) is 4.36. The molecule has 0 aromatic carbocycles. The van der Waals surface area contributed by atoms with E-state index in [0.29, 0.717) is 13.0 Å². The van der Waals surface area contributed by atoms with Gasteiger partial charge in [-0.3, -0.25) is 4.99 Å². The predicted octanol–water partition coefficient (Wildman–Crippen LogP) is 5.27. The second kappa shape index (κ2) is 14.5. The van der Waals surface area contributed by atoms with E-state index in [1.54, 1.807) is 6.34 Å². The molecule has 4 heteroatoms. The Morgan fingerprint density at radius 2 is 1.43 bits per heavy atom. The van der Waals surface area contributed by atoms with E-state index >= 15 is 0 Å². The molecule has 0 bridgehead atoms. The number of rotatable bonds is 15. The van der Waals surface area contributed by atoms with E-state index in [9.17, 15) is 4.79 Å². The van der Waals surface area contributed by atoms with Crippen LogP contribution in [0.2, 0.25) is 0 Å². The van der Waals surface area contributed by atoms with Crippen LogP contribution in [0.4, 0.5) is 0 Å². The Morgan fingerprint density at radius 1 is 0.913 bits per heavy atom. The van der Waals surface area contributed by atoms with Gasteiger partial charge in [-0.2, -0.15) is 5.06 Å². The zero-order valence-electron chi connectivity index (χ0n) is 15.1. The number of hydroxylamine groups is 2. The molecule has 0 amide bonds. The van der Waals surface area contributed by atoms with Gasteiger partial charge in [0.2, 0.25) is 0 Å². The van der Waals surface area contributed by atoms with Gasteiger partial charge in [-0.05, 0) is 6.42 Å². The number of carbonyl (C=O) groups is 1. The highest BCUT2D eigenvalue weighted by atomic mass is 16.7. The highest BCUT2D eigenvalue weighted by Crippen LogP contribution is 2.13. The van der Waals surface area contributed by atoms with Gasteiger partial charge >= 0.3 is 5.97 Å². The van der Waals surface area contributed by atoms with Crippen molar-refractivity contribution in [3.8, 4) is 0 Å². The zero-order chi connectivity index (χ0) is 16.6. The number of nitrogens with zero attached hydrogens (tertiary/aromatic N) is 2. The summed E-state index contributed by atoms with van der Waals surface area (Å²) in [6, 6.07) is 0. The molecule has 0 fully saturated rings. The first-order valence-corrected chi connectivity index (χ1v) is 9.80. The first-order chi connectivity index (χ1) is 11.3. The summed E-state index contributed by atoms with van der Waals surface area (Å²) in [5.41, 5.74) is 0. The summed E-state index contributed by atoms with van der Waals surface area (Å²) in [6.07, 6.45) is 19.3. The van der Waals surface area contributed by atoms with Crippen LogP contribution < -0.4 is 0 Å². The van der Waals surface area contributed by atoms with E-state index in [0.717, 1.165) is 19.4 Å². The topological polar surface area (TPSA) is 41.9 Å². The monoisotopic (exact) mass is 324 g/mol. The van der Waals surface area contributed by atoms with E-state index in [2.05, 4.69) is 11.9 Å². The number of hydrogen-bond acceptors (Lipinski definition) is 4. The standard InChI is InChI=1S/C19H36N2O2/c1-2-3-4-5-6-7-8-9-10-11-12-13-14-15-19(22)23-21-17-16-20-18-21/h18H,2-17H2,1H3. The molecule has 1 aliphatic rings. The quantitative estimate of drug-likeness (QED) is 0.385. The molecule has 0 N–H and O–H groups in total. The fraction of sp³-hybridized carbons (Fsp3) is 0.895. The van der Waals surface area contributed by atoms with E-state index in [1.165, 1.54) is 75.7 Å². The Bertz CT molecular complexity index is 318. The van der Waals surface area contributed by atoms with Crippen molar-refractivity contribution in [1.82, 2.24) is 5.06 Å². The van der Waals surface area contributed by atoms with Gasteiger partial charge in [-0.1, -0.05) is 84.0 Å². The first-order valence-electron chi connectivity index (χ1n) is 9.80. The van der Waals surface area contributed by atoms with Crippen LogP contribution >= 0.6 is 0 Å². The van der Waals surface area contributed by atoms with Gasteiger partial charge in [0.1, 0.15) is 6.34 Å². The van der Waals surface area contributed by atoms with E-state index in [4.69, 9.17) is 4.84 Å². The molecule has 0 unspecified atom stereocenters. The van der Waals surface area contributed by atoms with Gasteiger partial charge < -0.3 is 4.84 Å². The van der Waals surface area contributed by atoms with Gasteiger partial charge in [0, 0.05) is 6.42 Å². The van der Waals surface area contributed by atoms with Crippen LogP contribution in [-0.2, 0) is 9.63 Å². The van der Waals surface area contributed by atoms with Gasteiger partial charge in [-0.25, -0.2) is 4.79 Å². The molecule has 0 saturated carbocycles. The minimum absolute atomic E-state index is 0.124. The Labute approximate surface area is 142 Å². The molecule has 4 nitrogen and oxygen atoms in total. The Balaban J connectivity index is 1.74. The number of carbonyl (C=O) groups excluding carboxylic acids is 1. The lowest BCUT2D eigenvalue weighted by molar-refractivity contribution is -0.170. The van der Waals surface area contributed by atoms with Crippen LogP contribution in [0.5, 0.6) is 0 Å². The smallest absolute Gasteiger partial charge is 0.332 e. The highest BCUT2D eigenvalue weighted by Gasteiger charge is 2.11. The van der Waals surface area contributed by atoms with Crippen molar-refractivity contribution >= 4 is 12.3 Å². The number of aliphatic imine (C=N–C) groups is 1. The van der Waals surface area contributed by atoms with Crippen LogP contribution in [0, 0.1) is 0 Å². The van der Waals surface area contributed by atoms with Crippen molar-refractivity contribution in [2.45, 2.75) is 96.8 Å². The van der Waals surface area contributed by atoms with E-state index < -0.39 is 0 Å². The molecular weight excluding hydrogens is 288 g/mol. The summed E-state index contributed by atoms with van der Waals surface area (Å²) in [5.74, 6) is -0.124. The lowest BCUT2D eigenvalue weighted by Crippen LogP contribution is -2.24. The largest absolute Gasteiger partial charge is 0.340 e. The Morgan fingerprint density at radius 3 is 1.91 bits per heavy atom. The highest BCUT2D eigenvalue weighted by molar-refractivity contribution is 5.70. The van der Waals surface area contributed by atoms with Gasteiger partial charge in [0.05, 0.1) is 13.1 Å². The predicted molar refractivity (Wildman–Crippen MR) is 96.5 cm³/mol. The molecule has 0 aromatic heterocycles. The van der Waals surface area contributed by atoms with Crippen molar-refractivity contribution in [3.05, 3.63) is 0 Å². The first kappa shape index (κ1) is 20.0. The fourth-order valence-corrected chi connectivity index (χ4v) is 2.90. The zero-order valence-corrected chi connectivity index (χ0v) is 15.1. The third kappa shape index (κ3) is 12.1. The van der Waals surface area contributed by atoms with E-state index in [1.807, 2.05) is 0 Å². The molecule has 0 radical (unpaired) electrons. The minimum Gasteiger partial charge on any atom is -0.340 e. The van der Waals surface area contributed by atoms with Crippen molar-refractivity contribution < 1.29 is 9.63 Å². The maximum Gasteiger partial charge on any atom is 0.332 e. The lowest BCUT2D eigenvalue weighted by atomic mass is 10.0. The van der Waals surface area contributed by atoms with Crippen molar-refractivity contribution in [3.63, 3.8) is 0 Å². The second-order valence-electron chi connectivity index (χ2n) is 6.62. The van der Waals surface area contributed by atoms with Gasteiger partial charge in [0.25, 0.3) is 0 Å². The molecule has 0 spiro atoms. The maximum atomic E-state index is 11.6. The normalized spacial score (nSPS) is 13.7. The average molecular weight is 325 g/mol. The summed E-state index contributed by atoms with van der Waals surface area (Å²) >= 11 is 0. The molecule has 1 heterocycles. The average Bonchev–Trinajstić information content (AvgIpc) is 3.04. The molecule has 1 aliphatic heterocycles. The van der Waals surface area contributed by atoms with Crippen LogP contribution in [0.25, 0.3) is 0 Å². The van der Waals surface area contributed by atoms with Gasteiger partial charge in [-0.15, -0.1) is 0 Å². The summed E-state index contributed by atoms with van der Waals surface area (Å²) in [5, 5.41) is 1.53. The second-order valence-corrected chi connectivity index (χ2v) is 6.62. The third-order valence-corrected chi connectivity index (χ3v) is 4.36. The fourth-order valence-electron chi connectivity index (χ4n) is 2.90. The molecule has 0 aliphatic carbocycles. The van der Waals surface area contributed by atoms with Crippen LogP contribution in [0.3, 0.4) is 0 Å².